The average Bonchev–Trinajstić information content (AvgIpc) is 3.15. The van der Waals surface area contributed by atoms with Crippen molar-refractivity contribution in [1.29, 1.82) is 0 Å². The smallest absolute Gasteiger partial charge is 0.408 e. The molecule has 2 amide bonds. The van der Waals surface area contributed by atoms with Gasteiger partial charge in [0.1, 0.15) is 11.4 Å². The minimum atomic E-state index is -1.06. The van der Waals surface area contributed by atoms with Crippen LogP contribution in [0, 0.1) is 0 Å². The summed E-state index contributed by atoms with van der Waals surface area (Å²) >= 11 is 0. The Balaban J connectivity index is 1.48. The van der Waals surface area contributed by atoms with Gasteiger partial charge in [0.25, 0.3) is 5.91 Å². The van der Waals surface area contributed by atoms with Gasteiger partial charge < -0.3 is 14.6 Å². The van der Waals surface area contributed by atoms with E-state index >= 15 is 0 Å². The first-order chi connectivity index (χ1) is 13.9. The molecule has 0 radical (unpaired) electrons. The highest BCUT2D eigenvalue weighted by atomic mass is 16.4. The number of rotatable bonds is 6. The summed E-state index contributed by atoms with van der Waals surface area (Å²) < 4.78 is 6.78. The summed E-state index contributed by atoms with van der Waals surface area (Å²) in [6.45, 7) is 3.93. The number of amidine groups is 1. The minimum Gasteiger partial charge on any atom is -0.408 e. The fourth-order valence-electron chi connectivity index (χ4n) is 3.71. The Hall–Kier alpha value is -3.42. The molecule has 0 saturated heterocycles. The van der Waals surface area contributed by atoms with Crippen LogP contribution >= 0.6 is 0 Å². The van der Waals surface area contributed by atoms with Crippen LogP contribution in [-0.4, -0.2) is 38.7 Å². The number of oxazole rings is 1. The highest BCUT2D eigenvalue weighted by Crippen LogP contribution is 2.30. The Bertz CT molecular complexity index is 1120. The van der Waals surface area contributed by atoms with Gasteiger partial charge in [-0.15, -0.1) is 0 Å². The van der Waals surface area contributed by atoms with Crippen LogP contribution in [0.3, 0.4) is 0 Å². The van der Waals surface area contributed by atoms with Crippen LogP contribution in [0.2, 0.25) is 0 Å². The maximum absolute atomic E-state index is 12.8. The summed E-state index contributed by atoms with van der Waals surface area (Å²) in [5.41, 5.74) is 0.141. The van der Waals surface area contributed by atoms with Crippen molar-refractivity contribution in [2.75, 3.05) is 0 Å². The molecule has 1 unspecified atom stereocenters. The topological polar surface area (TPSA) is 96.9 Å². The van der Waals surface area contributed by atoms with Crippen molar-refractivity contribution >= 4 is 28.7 Å². The molecule has 1 N–H and O–H groups in total. The lowest BCUT2D eigenvalue weighted by Crippen LogP contribution is -2.51. The maximum atomic E-state index is 12.8. The molecule has 0 spiro atoms. The van der Waals surface area contributed by atoms with Crippen molar-refractivity contribution < 1.29 is 14.0 Å². The molecule has 4 rings (SSSR count). The number of nitrogens with zero attached hydrogens (tertiary/aromatic N) is 3. The first-order valence-electron chi connectivity index (χ1n) is 9.57. The molecule has 2 aliphatic heterocycles. The number of amides is 2. The highest BCUT2D eigenvalue weighted by molar-refractivity contribution is 6.13. The summed E-state index contributed by atoms with van der Waals surface area (Å²) in [6, 6.07) is 6.89. The standard InChI is InChI=1S/C21H22N4O4/c1-3-14(13-24-15-8-4-5-9-16(15)29-20(24)28)22-18(26)12-21(2)19(27)23-17-10-6-7-11-25(17)21/h4-11,14H,3,12-13H2,1-2H3,(H,22,26)/t14-,21?/m1/s1. The predicted octanol–water partition coefficient (Wildman–Crippen LogP) is 1.96. The van der Waals surface area contributed by atoms with Gasteiger partial charge in [-0.2, -0.15) is 4.99 Å². The number of hydrogen-bond acceptors (Lipinski definition) is 5. The largest absolute Gasteiger partial charge is 0.420 e. The van der Waals surface area contributed by atoms with Crippen LogP contribution in [0.5, 0.6) is 0 Å². The van der Waals surface area contributed by atoms with Gasteiger partial charge in [0.2, 0.25) is 5.91 Å². The van der Waals surface area contributed by atoms with E-state index in [-0.39, 0.29) is 30.8 Å². The van der Waals surface area contributed by atoms with Gasteiger partial charge in [0.05, 0.1) is 11.9 Å². The maximum Gasteiger partial charge on any atom is 0.420 e. The van der Waals surface area contributed by atoms with Gasteiger partial charge in [-0.05, 0) is 37.6 Å². The molecule has 29 heavy (non-hydrogen) atoms. The monoisotopic (exact) mass is 394 g/mol. The SMILES string of the molecule is CC[C@H](Cn1c(=O)oc2ccccc21)NC(=O)CC1(C)C(=O)N=C2C=CC=CN21. The van der Waals surface area contributed by atoms with Gasteiger partial charge in [-0.25, -0.2) is 4.79 Å². The van der Waals surface area contributed by atoms with Gasteiger partial charge in [0, 0.05) is 18.8 Å². The molecule has 0 bridgehead atoms. The molecule has 150 valence electrons. The second-order valence-electron chi connectivity index (χ2n) is 7.42. The number of hydrogen-bond donors (Lipinski definition) is 1. The Kier molecular flexibility index (Phi) is 4.70. The fourth-order valence-corrected chi connectivity index (χ4v) is 3.71. The molecule has 2 aromatic rings. The second-order valence-corrected chi connectivity index (χ2v) is 7.42. The molecule has 0 saturated carbocycles. The summed E-state index contributed by atoms with van der Waals surface area (Å²) in [4.78, 5) is 43.2. The Morgan fingerprint density at radius 2 is 2.07 bits per heavy atom. The molecule has 0 fully saturated rings. The minimum absolute atomic E-state index is 0.0332. The number of aliphatic imine (C=N–C) groups is 1. The third kappa shape index (κ3) is 3.30. The number of benzene rings is 1. The molecule has 8 nitrogen and oxygen atoms in total. The number of nitrogens with one attached hydrogen (secondary N) is 1. The zero-order valence-electron chi connectivity index (χ0n) is 16.3. The van der Waals surface area contributed by atoms with E-state index in [1.807, 2.05) is 19.1 Å². The van der Waals surface area contributed by atoms with Crippen LogP contribution in [0.1, 0.15) is 26.7 Å². The van der Waals surface area contributed by atoms with Crippen molar-refractivity contribution in [1.82, 2.24) is 14.8 Å². The Morgan fingerprint density at radius 1 is 1.28 bits per heavy atom. The van der Waals surface area contributed by atoms with Gasteiger partial charge >= 0.3 is 5.76 Å². The number of allylic oxidation sites excluding steroid dienone is 2. The van der Waals surface area contributed by atoms with E-state index in [9.17, 15) is 14.4 Å². The van der Waals surface area contributed by atoms with Crippen molar-refractivity contribution in [2.24, 2.45) is 4.99 Å². The molecule has 1 aromatic heterocycles. The zero-order chi connectivity index (χ0) is 20.6. The van der Waals surface area contributed by atoms with Gasteiger partial charge in [-0.3, -0.25) is 14.2 Å². The van der Waals surface area contributed by atoms with E-state index in [1.165, 1.54) is 4.57 Å². The van der Waals surface area contributed by atoms with Crippen LogP contribution in [0.15, 0.2) is 62.9 Å². The lowest BCUT2D eigenvalue weighted by atomic mass is 9.94. The van der Waals surface area contributed by atoms with Crippen molar-refractivity contribution in [2.45, 2.75) is 44.8 Å². The van der Waals surface area contributed by atoms with Crippen LogP contribution in [-0.2, 0) is 16.1 Å². The lowest BCUT2D eigenvalue weighted by Gasteiger charge is -2.33. The first kappa shape index (κ1) is 18.9. The van der Waals surface area contributed by atoms with E-state index in [1.54, 1.807) is 48.4 Å². The third-order valence-corrected chi connectivity index (χ3v) is 5.39. The number of aromatic nitrogens is 1. The summed E-state index contributed by atoms with van der Waals surface area (Å²) in [5.74, 6) is -0.534. The number of fused-ring (bicyclic) bond motifs is 2. The first-order valence-corrected chi connectivity index (χ1v) is 9.57. The summed E-state index contributed by atoms with van der Waals surface area (Å²) in [7, 11) is 0. The van der Waals surface area contributed by atoms with Crippen molar-refractivity contribution in [3.8, 4) is 0 Å². The second kappa shape index (κ2) is 7.20. The van der Waals surface area contributed by atoms with Crippen LogP contribution < -0.4 is 11.1 Å². The van der Waals surface area contributed by atoms with E-state index in [2.05, 4.69) is 10.3 Å². The van der Waals surface area contributed by atoms with Crippen LogP contribution in [0.25, 0.3) is 11.1 Å². The predicted molar refractivity (Wildman–Crippen MR) is 108 cm³/mol. The van der Waals surface area contributed by atoms with Crippen LogP contribution in [0.4, 0.5) is 0 Å². The fraction of sp³-hybridized carbons (Fsp3) is 0.333. The number of para-hydroxylation sites is 2. The molecule has 2 atom stereocenters. The van der Waals surface area contributed by atoms with Gasteiger partial charge in [0.15, 0.2) is 5.58 Å². The van der Waals surface area contributed by atoms with Gasteiger partial charge in [-0.1, -0.05) is 25.1 Å². The normalized spacial score (nSPS) is 21.4. The Labute approximate surface area is 167 Å². The molecular formula is C21H22N4O4. The lowest BCUT2D eigenvalue weighted by molar-refractivity contribution is -0.131. The summed E-state index contributed by atoms with van der Waals surface area (Å²) in [5, 5.41) is 2.95. The van der Waals surface area contributed by atoms with E-state index in [0.717, 1.165) is 0 Å². The molecule has 1 aromatic carbocycles. The average molecular weight is 394 g/mol. The van der Waals surface area contributed by atoms with E-state index in [0.29, 0.717) is 23.4 Å². The number of carbonyl (C=O) groups is 2. The van der Waals surface area contributed by atoms with E-state index < -0.39 is 11.3 Å². The molecular weight excluding hydrogens is 372 g/mol. The molecule has 0 aliphatic carbocycles. The Morgan fingerprint density at radius 3 is 2.86 bits per heavy atom. The van der Waals surface area contributed by atoms with Crippen molar-refractivity contribution in [3.63, 3.8) is 0 Å². The molecule has 8 heteroatoms. The molecule has 2 aliphatic rings. The quantitative estimate of drug-likeness (QED) is 0.808. The third-order valence-electron chi connectivity index (χ3n) is 5.39. The zero-order valence-corrected chi connectivity index (χ0v) is 16.3. The number of carbonyl (C=O) groups excluding carboxylic acids is 2. The summed E-state index contributed by atoms with van der Waals surface area (Å²) in [6.07, 6.45) is 7.69. The van der Waals surface area contributed by atoms with E-state index in [4.69, 9.17) is 4.42 Å². The highest BCUT2D eigenvalue weighted by Gasteiger charge is 2.47. The molecule has 3 heterocycles. The van der Waals surface area contributed by atoms with Crippen molar-refractivity contribution in [3.05, 3.63) is 59.2 Å².